The minimum absolute atomic E-state index is 0.0291. The number of nitrogens with two attached hydrogens (primary N) is 1. The molecule has 20 heavy (non-hydrogen) atoms. The molecule has 1 amide bonds. The lowest BCUT2D eigenvalue weighted by Crippen LogP contribution is -2.51. The van der Waals surface area contributed by atoms with Crippen LogP contribution < -0.4 is 11.1 Å². The van der Waals surface area contributed by atoms with E-state index in [1.54, 1.807) is 0 Å². The fourth-order valence-corrected chi connectivity index (χ4v) is 4.28. The van der Waals surface area contributed by atoms with E-state index >= 15 is 0 Å². The monoisotopic (exact) mass is 280 g/mol. The van der Waals surface area contributed by atoms with E-state index in [1.165, 1.54) is 38.5 Å². The summed E-state index contributed by atoms with van der Waals surface area (Å²) in [5.74, 6) is 1.37. The van der Waals surface area contributed by atoms with Crippen LogP contribution in [0.25, 0.3) is 0 Å². The number of rotatable bonds is 4. The van der Waals surface area contributed by atoms with Gasteiger partial charge in [-0.05, 0) is 43.9 Å². The molecule has 0 radical (unpaired) electrons. The second-order valence-corrected chi connectivity index (χ2v) is 7.02. The first kappa shape index (κ1) is 15.8. The fraction of sp³-hybridized carbons (Fsp3) is 0.941. The smallest absolute Gasteiger partial charge is 0.225 e. The standard InChI is InChI=1S/C17H32N2O/c1-3-15(13-9-5-4-6-10-13)19-17(20)16-12(2)8-7-11-14(16)18/h12-16H,3-11,18H2,1-2H3,(H,19,20). The van der Waals surface area contributed by atoms with Crippen molar-refractivity contribution in [3.8, 4) is 0 Å². The lowest BCUT2D eigenvalue weighted by Gasteiger charge is -2.36. The lowest BCUT2D eigenvalue weighted by atomic mass is 9.76. The summed E-state index contributed by atoms with van der Waals surface area (Å²) in [7, 11) is 0. The number of amides is 1. The normalized spacial score (nSPS) is 33.6. The minimum Gasteiger partial charge on any atom is -0.353 e. The molecule has 0 spiro atoms. The first-order valence-electron chi connectivity index (χ1n) is 8.69. The van der Waals surface area contributed by atoms with Gasteiger partial charge in [0.15, 0.2) is 0 Å². The summed E-state index contributed by atoms with van der Waals surface area (Å²) in [4.78, 5) is 12.6. The molecular weight excluding hydrogens is 248 g/mol. The predicted molar refractivity (Wildman–Crippen MR) is 83.3 cm³/mol. The second kappa shape index (κ2) is 7.44. The van der Waals surface area contributed by atoms with Crippen molar-refractivity contribution in [2.24, 2.45) is 23.5 Å². The van der Waals surface area contributed by atoms with Crippen molar-refractivity contribution in [3.63, 3.8) is 0 Å². The highest BCUT2D eigenvalue weighted by Gasteiger charge is 2.35. The number of carbonyl (C=O) groups is 1. The molecule has 0 heterocycles. The number of hydrogen-bond donors (Lipinski definition) is 2. The van der Waals surface area contributed by atoms with Crippen molar-refractivity contribution < 1.29 is 4.79 Å². The molecule has 2 aliphatic carbocycles. The van der Waals surface area contributed by atoms with Crippen LogP contribution in [-0.2, 0) is 4.79 Å². The second-order valence-electron chi connectivity index (χ2n) is 7.02. The Hall–Kier alpha value is -0.570. The molecule has 2 saturated carbocycles. The van der Waals surface area contributed by atoms with Gasteiger partial charge >= 0.3 is 0 Å². The summed E-state index contributed by atoms with van der Waals surface area (Å²) in [5, 5.41) is 3.35. The van der Waals surface area contributed by atoms with Crippen LogP contribution in [0.1, 0.15) is 71.6 Å². The molecule has 4 unspecified atom stereocenters. The minimum atomic E-state index is 0.0291. The van der Waals surface area contributed by atoms with Gasteiger partial charge in [0, 0.05) is 12.1 Å². The molecule has 3 nitrogen and oxygen atoms in total. The van der Waals surface area contributed by atoms with Crippen molar-refractivity contribution in [2.75, 3.05) is 0 Å². The van der Waals surface area contributed by atoms with E-state index in [1.807, 2.05) is 0 Å². The summed E-state index contributed by atoms with van der Waals surface area (Å²) in [6.07, 6.45) is 11.0. The molecule has 0 aromatic rings. The van der Waals surface area contributed by atoms with Gasteiger partial charge in [0.25, 0.3) is 0 Å². The summed E-state index contributed by atoms with van der Waals surface area (Å²) in [5.41, 5.74) is 6.21. The van der Waals surface area contributed by atoms with Crippen LogP contribution in [0.2, 0.25) is 0 Å². The lowest BCUT2D eigenvalue weighted by molar-refractivity contribution is -0.129. The molecule has 116 valence electrons. The molecule has 0 saturated heterocycles. The third-order valence-corrected chi connectivity index (χ3v) is 5.56. The van der Waals surface area contributed by atoms with Crippen LogP contribution in [0.5, 0.6) is 0 Å². The van der Waals surface area contributed by atoms with Gasteiger partial charge in [-0.15, -0.1) is 0 Å². The highest BCUT2D eigenvalue weighted by atomic mass is 16.2. The Morgan fingerprint density at radius 2 is 1.85 bits per heavy atom. The number of carbonyl (C=O) groups excluding carboxylic acids is 1. The van der Waals surface area contributed by atoms with E-state index in [4.69, 9.17) is 5.73 Å². The fourth-order valence-electron chi connectivity index (χ4n) is 4.28. The van der Waals surface area contributed by atoms with E-state index < -0.39 is 0 Å². The molecule has 3 heteroatoms. The highest BCUT2D eigenvalue weighted by Crippen LogP contribution is 2.31. The van der Waals surface area contributed by atoms with E-state index in [0.29, 0.717) is 17.9 Å². The van der Waals surface area contributed by atoms with Crippen molar-refractivity contribution in [1.29, 1.82) is 0 Å². The zero-order chi connectivity index (χ0) is 14.5. The third-order valence-electron chi connectivity index (χ3n) is 5.56. The van der Waals surface area contributed by atoms with Gasteiger partial charge in [0.05, 0.1) is 5.92 Å². The number of hydrogen-bond acceptors (Lipinski definition) is 2. The van der Waals surface area contributed by atoms with E-state index in [9.17, 15) is 4.79 Å². The average Bonchev–Trinajstić information content (AvgIpc) is 2.45. The maximum atomic E-state index is 12.6. The first-order chi connectivity index (χ1) is 9.63. The maximum absolute atomic E-state index is 12.6. The van der Waals surface area contributed by atoms with Crippen LogP contribution in [0.3, 0.4) is 0 Å². The molecular formula is C17H32N2O. The third kappa shape index (κ3) is 3.75. The highest BCUT2D eigenvalue weighted by molar-refractivity contribution is 5.80. The summed E-state index contributed by atoms with van der Waals surface area (Å²) in [6, 6.07) is 0.423. The Labute approximate surface area is 124 Å². The predicted octanol–water partition coefficient (Wildman–Crippen LogP) is 3.23. The van der Waals surface area contributed by atoms with Gasteiger partial charge in [-0.2, -0.15) is 0 Å². The van der Waals surface area contributed by atoms with Gasteiger partial charge in [0.1, 0.15) is 0 Å². The van der Waals surface area contributed by atoms with Gasteiger partial charge < -0.3 is 11.1 Å². The van der Waals surface area contributed by atoms with Crippen LogP contribution in [-0.4, -0.2) is 18.0 Å². The molecule has 2 rings (SSSR count). The van der Waals surface area contributed by atoms with Crippen molar-refractivity contribution in [3.05, 3.63) is 0 Å². The summed E-state index contributed by atoms with van der Waals surface area (Å²) < 4.78 is 0. The van der Waals surface area contributed by atoms with E-state index in [0.717, 1.165) is 19.3 Å². The SMILES string of the molecule is CCC(NC(=O)C1C(C)CCCC1N)C1CCCCC1. The zero-order valence-corrected chi connectivity index (χ0v) is 13.2. The first-order valence-corrected chi connectivity index (χ1v) is 8.69. The van der Waals surface area contributed by atoms with Gasteiger partial charge in [-0.1, -0.05) is 39.5 Å². The van der Waals surface area contributed by atoms with Gasteiger partial charge in [0.2, 0.25) is 5.91 Å². The van der Waals surface area contributed by atoms with Crippen LogP contribution >= 0.6 is 0 Å². The number of nitrogens with one attached hydrogen (secondary N) is 1. The van der Waals surface area contributed by atoms with Crippen LogP contribution in [0.4, 0.5) is 0 Å². The van der Waals surface area contributed by atoms with E-state index in [2.05, 4.69) is 19.2 Å². The van der Waals surface area contributed by atoms with E-state index in [-0.39, 0.29) is 17.9 Å². The molecule has 0 aliphatic heterocycles. The quantitative estimate of drug-likeness (QED) is 0.830. The van der Waals surface area contributed by atoms with Crippen molar-refractivity contribution in [1.82, 2.24) is 5.32 Å². The average molecular weight is 280 g/mol. The van der Waals surface area contributed by atoms with Crippen molar-refractivity contribution in [2.45, 2.75) is 83.7 Å². The molecule has 2 aliphatic rings. The van der Waals surface area contributed by atoms with Gasteiger partial charge in [-0.25, -0.2) is 0 Å². The van der Waals surface area contributed by atoms with Crippen molar-refractivity contribution >= 4 is 5.91 Å². The Morgan fingerprint density at radius 3 is 2.45 bits per heavy atom. The Morgan fingerprint density at radius 1 is 1.15 bits per heavy atom. The van der Waals surface area contributed by atoms with Crippen LogP contribution in [0, 0.1) is 17.8 Å². The van der Waals surface area contributed by atoms with Crippen LogP contribution in [0.15, 0.2) is 0 Å². The Balaban J connectivity index is 1.93. The largest absolute Gasteiger partial charge is 0.353 e. The maximum Gasteiger partial charge on any atom is 0.225 e. The molecule has 4 atom stereocenters. The zero-order valence-electron chi connectivity index (χ0n) is 13.2. The Kier molecular flexibility index (Phi) is 5.88. The Bertz CT molecular complexity index is 302. The topological polar surface area (TPSA) is 55.1 Å². The molecule has 3 N–H and O–H groups in total. The molecule has 0 aromatic heterocycles. The summed E-state index contributed by atoms with van der Waals surface area (Å²) in [6.45, 7) is 4.38. The molecule has 2 fully saturated rings. The molecule has 0 aromatic carbocycles. The summed E-state index contributed by atoms with van der Waals surface area (Å²) >= 11 is 0. The molecule has 0 bridgehead atoms. The van der Waals surface area contributed by atoms with Gasteiger partial charge in [-0.3, -0.25) is 4.79 Å².